The number of aromatic nitrogens is 1. The van der Waals surface area contributed by atoms with Crippen molar-refractivity contribution in [2.75, 3.05) is 5.73 Å². The van der Waals surface area contributed by atoms with Gasteiger partial charge in [-0.2, -0.15) is 0 Å². The minimum Gasteiger partial charge on any atom is -0.375 e. The molecule has 1 aromatic heterocycles. The van der Waals surface area contributed by atoms with Gasteiger partial charge in [0.25, 0.3) is 5.91 Å². The van der Waals surface area contributed by atoms with E-state index < -0.39 is 0 Å². The molecule has 3 N–H and O–H groups in total. The molecule has 1 fully saturated rings. The third-order valence-corrected chi connectivity index (χ3v) is 4.79. The van der Waals surface area contributed by atoms with Crippen LogP contribution in [-0.2, 0) is 0 Å². The number of nitrogens with two attached hydrogens (primary N) is 1. The molecular formula is C12H19N3OS. The van der Waals surface area contributed by atoms with Crippen molar-refractivity contribution in [3.05, 3.63) is 10.6 Å². The standard InChI is InChI=1S/C12H19N3OS/c1-6-4-5-9(7(6)2)15-11(16)10-8(3)14-12(13)17-10/h6-7,9H,4-5H2,1-3H3,(H2,13,14)(H,15,16). The predicted molar refractivity (Wildman–Crippen MR) is 70.1 cm³/mol. The van der Waals surface area contributed by atoms with Crippen molar-refractivity contribution in [2.24, 2.45) is 11.8 Å². The lowest BCUT2D eigenvalue weighted by atomic mass is 9.98. The zero-order chi connectivity index (χ0) is 12.6. The summed E-state index contributed by atoms with van der Waals surface area (Å²) in [5.74, 6) is 1.21. The summed E-state index contributed by atoms with van der Waals surface area (Å²) in [6, 6.07) is 0.292. The number of nitrogens with one attached hydrogen (secondary N) is 1. The van der Waals surface area contributed by atoms with Gasteiger partial charge in [0.05, 0.1) is 5.69 Å². The highest BCUT2D eigenvalue weighted by Crippen LogP contribution is 2.31. The van der Waals surface area contributed by atoms with Crippen molar-refractivity contribution in [3.8, 4) is 0 Å². The first-order valence-corrected chi connectivity index (χ1v) is 6.84. The molecule has 0 spiro atoms. The molecule has 1 aliphatic carbocycles. The molecule has 1 heterocycles. The lowest BCUT2D eigenvalue weighted by Gasteiger charge is -2.19. The fourth-order valence-electron chi connectivity index (χ4n) is 2.43. The molecule has 94 valence electrons. The molecule has 4 nitrogen and oxygen atoms in total. The molecule has 2 rings (SSSR count). The number of thiazole rings is 1. The van der Waals surface area contributed by atoms with Gasteiger partial charge in [-0.15, -0.1) is 0 Å². The van der Waals surface area contributed by atoms with E-state index in [-0.39, 0.29) is 5.91 Å². The van der Waals surface area contributed by atoms with Gasteiger partial charge >= 0.3 is 0 Å². The van der Waals surface area contributed by atoms with Crippen LogP contribution in [0.15, 0.2) is 0 Å². The molecule has 0 saturated heterocycles. The van der Waals surface area contributed by atoms with Gasteiger partial charge in [-0.05, 0) is 31.6 Å². The van der Waals surface area contributed by atoms with Crippen molar-refractivity contribution in [1.82, 2.24) is 10.3 Å². The zero-order valence-corrected chi connectivity index (χ0v) is 11.3. The smallest absolute Gasteiger partial charge is 0.263 e. The van der Waals surface area contributed by atoms with Crippen molar-refractivity contribution >= 4 is 22.4 Å². The number of amides is 1. The molecule has 1 saturated carbocycles. The van der Waals surface area contributed by atoms with Crippen molar-refractivity contribution in [2.45, 2.75) is 39.7 Å². The van der Waals surface area contributed by atoms with Crippen LogP contribution >= 0.6 is 11.3 Å². The van der Waals surface area contributed by atoms with Gasteiger partial charge in [-0.25, -0.2) is 4.98 Å². The van der Waals surface area contributed by atoms with Crippen LogP contribution in [0.25, 0.3) is 0 Å². The summed E-state index contributed by atoms with van der Waals surface area (Å²) in [5, 5.41) is 3.56. The largest absolute Gasteiger partial charge is 0.375 e. The number of carbonyl (C=O) groups is 1. The Morgan fingerprint density at radius 2 is 2.18 bits per heavy atom. The van der Waals surface area contributed by atoms with Crippen molar-refractivity contribution in [3.63, 3.8) is 0 Å². The summed E-state index contributed by atoms with van der Waals surface area (Å²) in [5.41, 5.74) is 6.33. The van der Waals surface area contributed by atoms with E-state index in [1.807, 2.05) is 6.92 Å². The van der Waals surface area contributed by atoms with E-state index in [0.717, 1.165) is 12.1 Å². The molecule has 0 aromatic carbocycles. The Hall–Kier alpha value is -1.10. The van der Waals surface area contributed by atoms with Gasteiger partial charge in [0.1, 0.15) is 4.88 Å². The monoisotopic (exact) mass is 253 g/mol. The average Bonchev–Trinajstić information content (AvgIpc) is 2.75. The van der Waals surface area contributed by atoms with Crippen LogP contribution in [0.5, 0.6) is 0 Å². The predicted octanol–water partition coefficient (Wildman–Crippen LogP) is 2.20. The van der Waals surface area contributed by atoms with Crippen LogP contribution in [0.1, 0.15) is 42.1 Å². The van der Waals surface area contributed by atoms with E-state index in [2.05, 4.69) is 24.1 Å². The van der Waals surface area contributed by atoms with E-state index in [4.69, 9.17) is 5.73 Å². The third-order valence-electron chi connectivity index (χ3n) is 3.80. The lowest BCUT2D eigenvalue weighted by molar-refractivity contribution is 0.0930. The Morgan fingerprint density at radius 3 is 2.65 bits per heavy atom. The number of rotatable bonds is 2. The lowest BCUT2D eigenvalue weighted by Crippen LogP contribution is -2.37. The molecular weight excluding hydrogens is 234 g/mol. The maximum absolute atomic E-state index is 12.1. The number of aryl methyl sites for hydroxylation is 1. The molecule has 3 atom stereocenters. The quantitative estimate of drug-likeness (QED) is 0.849. The van der Waals surface area contributed by atoms with E-state index in [1.54, 1.807) is 0 Å². The number of nitrogen functional groups attached to an aromatic ring is 1. The summed E-state index contributed by atoms with van der Waals surface area (Å²) in [6.45, 7) is 6.27. The highest BCUT2D eigenvalue weighted by Gasteiger charge is 2.31. The second-order valence-electron chi connectivity index (χ2n) is 4.96. The Kier molecular flexibility index (Phi) is 3.38. The van der Waals surface area contributed by atoms with Crippen LogP contribution in [0.2, 0.25) is 0 Å². The summed E-state index contributed by atoms with van der Waals surface area (Å²) >= 11 is 1.26. The zero-order valence-electron chi connectivity index (χ0n) is 10.5. The SMILES string of the molecule is Cc1nc(N)sc1C(=O)NC1CCC(C)C1C. The number of hydrogen-bond acceptors (Lipinski definition) is 4. The summed E-state index contributed by atoms with van der Waals surface area (Å²) in [6.07, 6.45) is 2.26. The van der Waals surface area contributed by atoms with Crippen LogP contribution in [0.3, 0.4) is 0 Å². The van der Waals surface area contributed by atoms with Gasteiger partial charge in [0, 0.05) is 6.04 Å². The van der Waals surface area contributed by atoms with E-state index >= 15 is 0 Å². The molecule has 0 radical (unpaired) electrons. The first-order valence-electron chi connectivity index (χ1n) is 6.02. The normalized spacial score (nSPS) is 28.3. The molecule has 3 unspecified atom stereocenters. The third kappa shape index (κ3) is 2.44. The van der Waals surface area contributed by atoms with E-state index in [0.29, 0.717) is 27.9 Å². The first kappa shape index (κ1) is 12.4. The molecule has 5 heteroatoms. The maximum atomic E-state index is 12.1. The highest BCUT2D eigenvalue weighted by molar-refractivity contribution is 7.17. The molecule has 0 bridgehead atoms. The van der Waals surface area contributed by atoms with Gasteiger partial charge in [-0.1, -0.05) is 25.2 Å². The van der Waals surface area contributed by atoms with Crippen LogP contribution in [0.4, 0.5) is 5.13 Å². The molecule has 1 aliphatic rings. The summed E-state index contributed by atoms with van der Waals surface area (Å²) in [4.78, 5) is 16.8. The van der Waals surface area contributed by atoms with Crippen molar-refractivity contribution < 1.29 is 4.79 Å². The van der Waals surface area contributed by atoms with Crippen LogP contribution in [0, 0.1) is 18.8 Å². The Labute approximate surface area is 106 Å². The molecule has 0 aliphatic heterocycles. The number of hydrogen-bond donors (Lipinski definition) is 2. The maximum Gasteiger partial charge on any atom is 0.263 e. The summed E-state index contributed by atoms with van der Waals surface area (Å²) in [7, 11) is 0. The minimum atomic E-state index is -0.0253. The Bertz CT molecular complexity index is 429. The molecule has 17 heavy (non-hydrogen) atoms. The van der Waals surface area contributed by atoms with E-state index in [9.17, 15) is 4.79 Å². The Balaban J connectivity index is 2.05. The second kappa shape index (κ2) is 4.64. The van der Waals surface area contributed by atoms with Gasteiger partial charge in [0.15, 0.2) is 5.13 Å². The summed E-state index contributed by atoms with van der Waals surface area (Å²) < 4.78 is 0. The van der Waals surface area contributed by atoms with Gasteiger partial charge in [0.2, 0.25) is 0 Å². The topological polar surface area (TPSA) is 68.0 Å². The fraction of sp³-hybridized carbons (Fsp3) is 0.667. The van der Waals surface area contributed by atoms with Crippen LogP contribution in [-0.4, -0.2) is 16.9 Å². The molecule has 1 amide bonds. The van der Waals surface area contributed by atoms with Crippen molar-refractivity contribution in [1.29, 1.82) is 0 Å². The fourth-order valence-corrected chi connectivity index (χ4v) is 3.17. The number of anilines is 1. The van der Waals surface area contributed by atoms with E-state index in [1.165, 1.54) is 17.8 Å². The number of nitrogens with zero attached hydrogens (tertiary/aromatic N) is 1. The van der Waals surface area contributed by atoms with Crippen LogP contribution < -0.4 is 11.1 Å². The van der Waals surface area contributed by atoms with Gasteiger partial charge in [-0.3, -0.25) is 4.79 Å². The second-order valence-corrected chi connectivity index (χ2v) is 5.99. The Morgan fingerprint density at radius 1 is 1.47 bits per heavy atom. The number of carbonyl (C=O) groups excluding carboxylic acids is 1. The average molecular weight is 253 g/mol. The first-order chi connectivity index (χ1) is 7.99. The highest BCUT2D eigenvalue weighted by atomic mass is 32.1. The molecule has 1 aromatic rings. The van der Waals surface area contributed by atoms with Gasteiger partial charge < -0.3 is 11.1 Å². The minimum absolute atomic E-state index is 0.0253.